The molecule has 1 aliphatic carbocycles. The highest BCUT2D eigenvalue weighted by Gasteiger charge is 2.38. The molecule has 2 aromatic heterocycles. The van der Waals surface area contributed by atoms with Gasteiger partial charge in [0.25, 0.3) is 0 Å². The number of thioether (sulfide) groups is 1. The van der Waals surface area contributed by atoms with Crippen molar-refractivity contribution in [2.45, 2.75) is 55.5 Å². The number of rotatable bonds is 4. The summed E-state index contributed by atoms with van der Waals surface area (Å²) in [6.07, 6.45) is 1.12. The Labute approximate surface area is 215 Å². The van der Waals surface area contributed by atoms with Crippen LogP contribution in [0.15, 0.2) is 58.4 Å². The highest BCUT2D eigenvalue weighted by Crippen LogP contribution is 2.43. The van der Waals surface area contributed by atoms with Crippen molar-refractivity contribution < 1.29 is 13.2 Å². The van der Waals surface area contributed by atoms with E-state index >= 15 is 0 Å². The Morgan fingerprint density at radius 1 is 1.03 bits per heavy atom. The molecule has 1 aliphatic heterocycles. The lowest BCUT2D eigenvalue weighted by Gasteiger charge is -2.24. The molecule has 36 heavy (non-hydrogen) atoms. The second-order valence-electron chi connectivity index (χ2n) is 9.32. The average Bonchev–Trinajstić information content (AvgIpc) is 3.54. The van der Waals surface area contributed by atoms with Crippen LogP contribution in [0, 0.1) is 6.92 Å². The van der Waals surface area contributed by atoms with Crippen LogP contribution in [-0.2, 0) is 30.3 Å². The first-order valence-corrected chi connectivity index (χ1v) is 13.6. The molecule has 0 bridgehead atoms. The van der Waals surface area contributed by atoms with Gasteiger partial charge in [-0.25, -0.2) is 0 Å². The van der Waals surface area contributed by atoms with Crippen LogP contribution in [0.2, 0.25) is 0 Å². The first-order valence-electron chi connectivity index (χ1n) is 11.8. The third-order valence-electron chi connectivity index (χ3n) is 6.96. The van der Waals surface area contributed by atoms with Crippen molar-refractivity contribution in [2.75, 3.05) is 0 Å². The van der Waals surface area contributed by atoms with Gasteiger partial charge in [-0.1, -0.05) is 24.3 Å². The Morgan fingerprint density at radius 3 is 2.50 bits per heavy atom. The van der Waals surface area contributed by atoms with Gasteiger partial charge < -0.3 is 0 Å². The lowest BCUT2D eigenvalue weighted by atomic mass is 9.91. The number of nitrogens with zero attached hydrogens (tertiary/aromatic N) is 4. The molecule has 0 N–H and O–H groups in total. The van der Waals surface area contributed by atoms with E-state index in [0.717, 1.165) is 57.6 Å². The third-order valence-corrected chi connectivity index (χ3v) is 9.34. The fourth-order valence-corrected chi connectivity index (χ4v) is 7.19. The number of hydrogen-bond donors (Lipinski definition) is 0. The van der Waals surface area contributed by atoms with Crippen molar-refractivity contribution in [1.29, 1.82) is 0 Å². The molecule has 9 heteroatoms. The van der Waals surface area contributed by atoms with Crippen molar-refractivity contribution in [1.82, 2.24) is 14.8 Å². The minimum atomic E-state index is -4.32. The molecule has 0 radical (unpaired) electrons. The van der Waals surface area contributed by atoms with E-state index in [1.807, 2.05) is 24.5 Å². The SMILES string of the molecule is Cc1nnc2n1-c1sc3c(c1C=NC2(C)c1ccc(CSc2ccc(C(F)(F)F)cc2)cc1)CCC3. The van der Waals surface area contributed by atoms with E-state index in [9.17, 15) is 13.2 Å². The smallest absolute Gasteiger partial charge is 0.273 e. The molecule has 4 aromatic rings. The summed E-state index contributed by atoms with van der Waals surface area (Å²) in [7, 11) is 0. The van der Waals surface area contributed by atoms with Crippen molar-refractivity contribution in [3.05, 3.63) is 92.9 Å². The normalized spacial score (nSPS) is 18.6. The fraction of sp³-hybridized carbons (Fsp3) is 0.296. The van der Waals surface area contributed by atoms with Crippen LogP contribution in [0.25, 0.3) is 5.00 Å². The van der Waals surface area contributed by atoms with Gasteiger partial charge in [-0.3, -0.25) is 9.56 Å². The molecule has 4 nitrogen and oxygen atoms in total. The first kappa shape index (κ1) is 23.5. The molecule has 6 rings (SSSR count). The van der Waals surface area contributed by atoms with E-state index in [4.69, 9.17) is 4.99 Å². The summed E-state index contributed by atoms with van der Waals surface area (Å²) in [5, 5.41) is 10.1. The van der Waals surface area contributed by atoms with Gasteiger partial charge in [0.05, 0.1) is 5.56 Å². The van der Waals surface area contributed by atoms with Crippen LogP contribution in [0.5, 0.6) is 0 Å². The summed E-state index contributed by atoms with van der Waals surface area (Å²) in [6, 6.07) is 13.5. The molecule has 0 fully saturated rings. The van der Waals surface area contributed by atoms with E-state index in [1.165, 1.54) is 46.3 Å². The standard InChI is InChI=1S/C27H23F3N4S2/c1-16-32-33-25-26(2,31-14-22-21-4-3-5-23(21)36-24(22)34(16)25)18-8-6-17(7-9-18)15-35-20-12-10-19(11-13-20)27(28,29)30/h6-14H,3-5,15H2,1-2H3. The Kier molecular flexibility index (Phi) is 5.60. The number of aliphatic imine (C=N–C) groups is 1. The first-order chi connectivity index (χ1) is 17.2. The highest BCUT2D eigenvalue weighted by molar-refractivity contribution is 7.98. The van der Waals surface area contributed by atoms with Crippen molar-refractivity contribution in [3.8, 4) is 5.00 Å². The molecule has 0 spiro atoms. The zero-order valence-electron chi connectivity index (χ0n) is 19.8. The summed E-state index contributed by atoms with van der Waals surface area (Å²) < 4.78 is 40.6. The van der Waals surface area contributed by atoms with Crippen molar-refractivity contribution >= 4 is 29.3 Å². The van der Waals surface area contributed by atoms with Gasteiger partial charge >= 0.3 is 6.18 Å². The number of thiophene rings is 1. The average molecular weight is 525 g/mol. The Morgan fingerprint density at radius 2 is 1.78 bits per heavy atom. The molecule has 1 atom stereocenters. The molecule has 0 amide bonds. The number of fused-ring (bicyclic) bond motifs is 5. The topological polar surface area (TPSA) is 43.1 Å². The quantitative estimate of drug-likeness (QED) is 0.267. The monoisotopic (exact) mass is 524 g/mol. The number of aromatic nitrogens is 3. The van der Waals surface area contributed by atoms with Crippen LogP contribution >= 0.6 is 23.1 Å². The molecule has 3 heterocycles. The Bertz CT molecular complexity index is 1470. The van der Waals surface area contributed by atoms with Gasteiger partial charge in [0, 0.05) is 27.3 Å². The number of aryl methyl sites for hydroxylation is 2. The van der Waals surface area contributed by atoms with Crippen LogP contribution < -0.4 is 0 Å². The molecular formula is C27H23F3N4S2. The van der Waals surface area contributed by atoms with Crippen LogP contribution in [-0.4, -0.2) is 21.0 Å². The molecular weight excluding hydrogens is 501 g/mol. The van der Waals surface area contributed by atoms with Gasteiger partial charge in [-0.15, -0.1) is 33.3 Å². The van der Waals surface area contributed by atoms with Crippen LogP contribution in [0.1, 0.15) is 57.7 Å². The molecule has 2 aromatic carbocycles. The predicted molar refractivity (Wildman–Crippen MR) is 137 cm³/mol. The van der Waals surface area contributed by atoms with E-state index in [-0.39, 0.29) is 0 Å². The van der Waals surface area contributed by atoms with E-state index in [2.05, 4.69) is 46.0 Å². The predicted octanol–water partition coefficient (Wildman–Crippen LogP) is 7.13. The number of benzene rings is 2. The minimum absolute atomic E-state index is 0.629. The zero-order valence-corrected chi connectivity index (χ0v) is 21.4. The number of alkyl halides is 3. The summed E-state index contributed by atoms with van der Waals surface area (Å²) in [6.45, 7) is 4.06. The zero-order chi connectivity index (χ0) is 25.1. The van der Waals surface area contributed by atoms with Gasteiger partial charge in [0.1, 0.15) is 16.4 Å². The molecule has 1 unspecified atom stereocenters. The number of halogens is 3. The van der Waals surface area contributed by atoms with Crippen molar-refractivity contribution in [2.24, 2.45) is 4.99 Å². The molecule has 2 aliphatic rings. The Balaban J connectivity index is 1.27. The minimum Gasteiger partial charge on any atom is -0.273 e. The van der Waals surface area contributed by atoms with Crippen LogP contribution in [0.3, 0.4) is 0 Å². The Hall–Kier alpha value is -2.91. The van der Waals surface area contributed by atoms with E-state index < -0.39 is 17.3 Å². The summed E-state index contributed by atoms with van der Waals surface area (Å²) in [5.41, 5.74) is 3.39. The third kappa shape index (κ3) is 3.89. The maximum Gasteiger partial charge on any atom is 0.416 e. The molecule has 184 valence electrons. The largest absolute Gasteiger partial charge is 0.416 e. The van der Waals surface area contributed by atoms with Gasteiger partial charge in [0.15, 0.2) is 5.82 Å². The summed E-state index contributed by atoms with van der Waals surface area (Å²) >= 11 is 3.34. The lowest BCUT2D eigenvalue weighted by Crippen LogP contribution is -2.25. The van der Waals surface area contributed by atoms with E-state index in [0.29, 0.717) is 5.75 Å². The summed E-state index contributed by atoms with van der Waals surface area (Å²) in [5.74, 6) is 2.32. The van der Waals surface area contributed by atoms with Gasteiger partial charge in [-0.2, -0.15) is 13.2 Å². The summed E-state index contributed by atoms with van der Waals surface area (Å²) in [4.78, 5) is 7.33. The highest BCUT2D eigenvalue weighted by atomic mass is 32.2. The second kappa shape index (κ2) is 8.59. The second-order valence-corrected chi connectivity index (χ2v) is 11.5. The molecule has 0 saturated heterocycles. The molecule has 0 saturated carbocycles. The number of hydrogen-bond acceptors (Lipinski definition) is 5. The lowest BCUT2D eigenvalue weighted by molar-refractivity contribution is -0.137. The maximum absolute atomic E-state index is 12.8. The van der Waals surface area contributed by atoms with Crippen molar-refractivity contribution in [3.63, 3.8) is 0 Å². The van der Waals surface area contributed by atoms with Gasteiger partial charge in [0.2, 0.25) is 0 Å². The van der Waals surface area contributed by atoms with E-state index in [1.54, 1.807) is 0 Å². The van der Waals surface area contributed by atoms with Gasteiger partial charge in [-0.05, 0) is 74.1 Å². The maximum atomic E-state index is 12.8. The van der Waals surface area contributed by atoms with Crippen LogP contribution in [0.4, 0.5) is 13.2 Å². The fourth-order valence-electron chi connectivity index (χ4n) is 4.92.